The van der Waals surface area contributed by atoms with Gasteiger partial charge in [0.2, 0.25) is 0 Å². The van der Waals surface area contributed by atoms with Gasteiger partial charge in [0.15, 0.2) is 11.2 Å². The molecular weight excluding hydrogens is 396 g/mol. The summed E-state index contributed by atoms with van der Waals surface area (Å²) < 4.78 is 5.77. The normalized spacial score (nSPS) is 16.3. The molecule has 0 bridgehead atoms. The Morgan fingerprint density at radius 2 is 1.97 bits per heavy atom. The Morgan fingerprint density at radius 3 is 2.67 bits per heavy atom. The lowest BCUT2D eigenvalue weighted by Gasteiger charge is -2.30. The molecule has 3 heterocycles. The number of aryl methyl sites for hydroxylation is 1. The summed E-state index contributed by atoms with van der Waals surface area (Å²) in [4.78, 5) is 29.1. The number of carbonyl (C=O) groups excluding carboxylic acids is 1. The van der Waals surface area contributed by atoms with E-state index in [4.69, 9.17) is 4.42 Å². The minimum absolute atomic E-state index is 0.0672. The molecule has 0 saturated carbocycles. The smallest absolute Gasteiger partial charge is 0.287 e. The van der Waals surface area contributed by atoms with E-state index in [1.54, 1.807) is 17.4 Å². The third kappa shape index (κ3) is 4.65. The molecule has 4 rings (SSSR count). The number of nitrogens with one attached hydrogen (secondary N) is 1. The van der Waals surface area contributed by atoms with E-state index < -0.39 is 0 Å². The number of rotatable bonds is 6. The van der Waals surface area contributed by atoms with E-state index in [2.05, 4.69) is 27.7 Å². The molecule has 5 nitrogen and oxygen atoms in total. The highest BCUT2D eigenvalue weighted by Crippen LogP contribution is 2.27. The maximum atomic E-state index is 12.8. The Labute approximate surface area is 180 Å². The third-order valence-electron chi connectivity index (χ3n) is 5.83. The molecule has 1 aliphatic heterocycles. The molecule has 30 heavy (non-hydrogen) atoms. The fraction of sp³-hybridized carbons (Fsp3) is 0.417. The van der Waals surface area contributed by atoms with Crippen LogP contribution in [0.5, 0.6) is 0 Å². The van der Waals surface area contributed by atoms with E-state index >= 15 is 0 Å². The highest BCUT2D eigenvalue weighted by molar-refractivity contribution is 7.10. The second kappa shape index (κ2) is 9.58. The molecule has 0 aliphatic carbocycles. The molecule has 1 aliphatic rings. The van der Waals surface area contributed by atoms with Crippen LogP contribution in [0.3, 0.4) is 0 Å². The SMILES string of the molecule is CCc1ccc2oc(C(=O)NCC(c3cccs3)N3CCCCCC3)cc(=O)c2c1. The summed E-state index contributed by atoms with van der Waals surface area (Å²) in [6, 6.07) is 11.2. The number of hydrogen-bond acceptors (Lipinski definition) is 5. The van der Waals surface area contributed by atoms with E-state index in [1.807, 2.05) is 19.1 Å². The number of fused-ring (bicyclic) bond motifs is 1. The Balaban J connectivity index is 1.52. The average Bonchev–Trinajstić information content (AvgIpc) is 3.16. The summed E-state index contributed by atoms with van der Waals surface area (Å²) >= 11 is 1.72. The predicted octanol–water partition coefficient (Wildman–Crippen LogP) is 4.76. The van der Waals surface area contributed by atoms with E-state index in [0.717, 1.165) is 25.1 Å². The molecule has 1 amide bonds. The monoisotopic (exact) mass is 424 g/mol. The summed E-state index contributed by atoms with van der Waals surface area (Å²) in [5.74, 6) is -0.275. The number of benzene rings is 1. The van der Waals surface area contributed by atoms with Gasteiger partial charge in [0, 0.05) is 17.5 Å². The quantitative estimate of drug-likeness (QED) is 0.619. The summed E-state index contributed by atoms with van der Waals surface area (Å²) in [5, 5.41) is 5.61. The average molecular weight is 425 g/mol. The standard InChI is InChI=1S/C24H28N2O3S/c1-2-17-9-10-21-18(14-17)20(27)15-22(29-21)24(28)25-16-19(23-8-7-13-30-23)26-11-5-3-4-6-12-26/h7-10,13-15,19H,2-6,11-12,16H2,1H3,(H,25,28). The molecule has 1 unspecified atom stereocenters. The van der Waals surface area contributed by atoms with Crippen molar-refractivity contribution in [2.24, 2.45) is 0 Å². The molecule has 1 N–H and O–H groups in total. The maximum absolute atomic E-state index is 12.8. The second-order valence-corrected chi connectivity index (χ2v) is 8.83. The van der Waals surface area contributed by atoms with E-state index in [1.165, 1.54) is 36.6 Å². The van der Waals surface area contributed by atoms with Crippen molar-refractivity contribution in [3.63, 3.8) is 0 Å². The highest BCUT2D eigenvalue weighted by atomic mass is 32.1. The van der Waals surface area contributed by atoms with Crippen LogP contribution >= 0.6 is 11.3 Å². The van der Waals surface area contributed by atoms with Crippen molar-refractivity contribution in [2.45, 2.75) is 45.1 Å². The number of hydrogen-bond donors (Lipinski definition) is 1. The van der Waals surface area contributed by atoms with Crippen LogP contribution in [-0.4, -0.2) is 30.4 Å². The third-order valence-corrected chi connectivity index (χ3v) is 6.81. The van der Waals surface area contributed by atoms with Gasteiger partial charge >= 0.3 is 0 Å². The van der Waals surface area contributed by atoms with Crippen LogP contribution in [0.25, 0.3) is 11.0 Å². The molecule has 1 aromatic carbocycles. The first-order chi connectivity index (χ1) is 14.7. The van der Waals surface area contributed by atoms with Crippen molar-refractivity contribution in [3.8, 4) is 0 Å². The molecule has 3 aromatic rings. The summed E-state index contributed by atoms with van der Waals surface area (Å²) in [6.45, 7) is 4.63. The van der Waals surface area contributed by atoms with Gasteiger partial charge in [-0.05, 0) is 61.5 Å². The van der Waals surface area contributed by atoms with Crippen molar-refractivity contribution in [1.82, 2.24) is 10.2 Å². The van der Waals surface area contributed by atoms with Crippen molar-refractivity contribution in [2.75, 3.05) is 19.6 Å². The van der Waals surface area contributed by atoms with Gasteiger partial charge in [-0.25, -0.2) is 0 Å². The van der Waals surface area contributed by atoms with Crippen LogP contribution in [-0.2, 0) is 6.42 Å². The van der Waals surface area contributed by atoms with E-state index in [-0.39, 0.29) is 23.1 Å². The van der Waals surface area contributed by atoms with Crippen LogP contribution in [0.1, 0.15) is 59.6 Å². The topological polar surface area (TPSA) is 62.6 Å². The zero-order chi connectivity index (χ0) is 20.9. The van der Waals surface area contributed by atoms with E-state index in [0.29, 0.717) is 17.5 Å². The first-order valence-corrected chi connectivity index (χ1v) is 11.7. The fourth-order valence-electron chi connectivity index (χ4n) is 4.11. The Kier molecular flexibility index (Phi) is 6.65. The lowest BCUT2D eigenvalue weighted by Crippen LogP contribution is -2.38. The maximum Gasteiger partial charge on any atom is 0.287 e. The van der Waals surface area contributed by atoms with Gasteiger partial charge in [-0.1, -0.05) is 31.9 Å². The largest absolute Gasteiger partial charge is 0.451 e. The number of amides is 1. The Bertz CT molecular complexity index is 1050. The molecule has 1 saturated heterocycles. The predicted molar refractivity (Wildman–Crippen MR) is 121 cm³/mol. The van der Waals surface area contributed by atoms with Gasteiger partial charge in [-0.2, -0.15) is 0 Å². The first kappa shape index (κ1) is 20.8. The van der Waals surface area contributed by atoms with Crippen molar-refractivity contribution in [1.29, 1.82) is 0 Å². The van der Waals surface area contributed by atoms with Gasteiger partial charge in [-0.3, -0.25) is 14.5 Å². The van der Waals surface area contributed by atoms with Gasteiger partial charge in [0.1, 0.15) is 5.58 Å². The van der Waals surface area contributed by atoms with Gasteiger partial charge in [-0.15, -0.1) is 11.3 Å². The van der Waals surface area contributed by atoms with Gasteiger partial charge in [0.05, 0.1) is 11.4 Å². The van der Waals surface area contributed by atoms with Crippen LogP contribution in [0, 0.1) is 0 Å². The molecule has 6 heteroatoms. The zero-order valence-electron chi connectivity index (χ0n) is 17.4. The van der Waals surface area contributed by atoms with Crippen LogP contribution < -0.4 is 10.7 Å². The van der Waals surface area contributed by atoms with Crippen LogP contribution in [0.15, 0.2) is 51.0 Å². The Morgan fingerprint density at radius 1 is 1.17 bits per heavy atom. The minimum atomic E-state index is -0.343. The number of thiophene rings is 1. The summed E-state index contributed by atoms with van der Waals surface area (Å²) in [7, 11) is 0. The minimum Gasteiger partial charge on any atom is -0.451 e. The number of nitrogens with zero attached hydrogens (tertiary/aromatic N) is 1. The van der Waals surface area contributed by atoms with E-state index in [9.17, 15) is 9.59 Å². The van der Waals surface area contributed by atoms with Crippen molar-refractivity contribution < 1.29 is 9.21 Å². The summed E-state index contributed by atoms with van der Waals surface area (Å²) in [5.41, 5.74) is 1.34. The van der Waals surface area contributed by atoms with Gasteiger partial charge < -0.3 is 9.73 Å². The van der Waals surface area contributed by atoms with Crippen molar-refractivity contribution >= 4 is 28.2 Å². The number of carbonyl (C=O) groups is 1. The van der Waals surface area contributed by atoms with Crippen LogP contribution in [0.4, 0.5) is 0 Å². The molecule has 1 fully saturated rings. The number of likely N-dealkylation sites (tertiary alicyclic amines) is 1. The lowest BCUT2D eigenvalue weighted by molar-refractivity contribution is 0.0907. The molecule has 0 spiro atoms. The second-order valence-electron chi connectivity index (χ2n) is 7.85. The molecule has 1 atom stereocenters. The lowest BCUT2D eigenvalue weighted by atomic mass is 10.1. The fourth-order valence-corrected chi connectivity index (χ4v) is 4.97. The Hall–Kier alpha value is -2.44. The van der Waals surface area contributed by atoms with Crippen LogP contribution in [0.2, 0.25) is 0 Å². The van der Waals surface area contributed by atoms with Crippen molar-refractivity contribution in [3.05, 3.63) is 68.2 Å². The summed E-state index contributed by atoms with van der Waals surface area (Å²) in [6.07, 6.45) is 5.76. The first-order valence-electron chi connectivity index (χ1n) is 10.8. The molecule has 2 aromatic heterocycles. The highest BCUT2D eigenvalue weighted by Gasteiger charge is 2.24. The molecule has 0 radical (unpaired) electrons. The zero-order valence-corrected chi connectivity index (χ0v) is 18.2. The molecular formula is C24H28N2O3S. The van der Waals surface area contributed by atoms with Gasteiger partial charge in [0.25, 0.3) is 5.91 Å². The molecule has 158 valence electrons.